The van der Waals surface area contributed by atoms with Crippen molar-refractivity contribution in [3.8, 4) is 0 Å². The summed E-state index contributed by atoms with van der Waals surface area (Å²) in [4.78, 5) is 44.7. The Morgan fingerprint density at radius 1 is 1.11 bits per heavy atom. The van der Waals surface area contributed by atoms with Crippen LogP contribution in [0.3, 0.4) is 0 Å². The average Bonchev–Trinajstić information content (AvgIpc) is 3.34. The summed E-state index contributed by atoms with van der Waals surface area (Å²) in [5, 5.41) is 0. The zero-order chi connectivity index (χ0) is 20.2. The Bertz CT molecular complexity index is 1020. The third-order valence-corrected chi connectivity index (χ3v) is 5.38. The second kappa shape index (κ2) is 6.54. The van der Waals surface area contributed by atoms with Crippen LogP contribution in [0.4, 0.5) is 13.2 Å². The van der Waals surface area contributed by atoms with Gasteiger partial charge in [0.15, 0.2) is 0 Å². The van der Waals surface area contributed by atoms with E-state index < -0.39 is 35.0 Å². The highest BCUT2D eigenvalue weighted by molar-refractivity contribution is 5.97. The maximum Gasteiger partial charge on any atom is 0.323 e. The van der Waals surface area contributed by atoms with Crippen molar-refractivity contribution >= 4 is 11.8 Å². The number of hydrogen-bond donors (Lipinski definition) is 2. The molecule has 0 spiro atoms. The third kappa shape index (κ3) is 2.79. The number of imidazole rings is 1. The maximum atomic E-state index is 14.3. The molecule has 0 saturated carbocycles. The number of rotatable bonds is 3. The summed E-state index contributed by atoms with van der Waals surface area (Å²) in [7, 11) is 0. The normalized spacial score (nSPS) is 21.0. The van der Waals surface area contributed by atoms with Gasteiger partial charge in [-0.05, 0) is 19.4 Å². The second-order valence-corrected chi connectivity index (χ2v) is 7.05. The summed E-state index contributed by atoms with van der Waals surface area (Å²) in [6.07, 6.45) is -2.50. The molecule has 2 bridgehead atoms. The van der Waals surface area contributed by atoms with Gasteiger partial charge in [-0.3, -0.25) is 9.59 Å². The summed E-state index contributed by atoms with van der Waals surface area (Å²) in [6.45, 7) is 2.02. The van der Waals surface area contributed by atoms with Crippen molar-refractivity contribution in [3.63, 3.8) is 0 Å². The Hall–Kier alpha value is -3.04. The van der Waals surface area contributed by atoms with Gasteiger partial charge in [0.25, 0.3) is 18.2 Å². The highest BCUT2D eigenvalue weighted by atomic mass is 19.3. The molecule has 0 unspecified atom stereocenters. The molecule has 2 atom stereocenters. The van der Waals surface area contributed by atoms with Crippen molar-refractivity contribution in [3.05, 3.63) is 57.0 Å². The fourth-order valence-corrected chi connectivity index (χ4v) is 4.03. The van der Waals surface area contributed by atoms with Gasteiger partial charge in [-0.1, -0.05) is 12.1 Å². The van der Waals surface area contributed by atoms with E-state index in [0.29, 0.717) is 12.1 Å². The number of carbonyl (C=O) groups is 2. The molecule has 2 fully saturated rings. The van der Waals surface area contributed by atoms with Gasteiger partial charge in [0.1, 0.15) is 11.5 Å². The number of benzene rings is 1. The summed E-state index contributed by atoms with van der Waals surface area (Å²) in [5.41, 5.74) is -1.08. The van der Waals surface area contributed by atoms with Crippen molar-refractivity contribution < 1.29 is 22.8 Å². The number of aromatic nitrogens is 2. The molecule has 0 aliphatic carbocycles. The molecule has 28 heavy (non-hydrogen) atoms. The van der Waals surface area contributed by atoms with Crippen LogP contribution in [-0.2, 0) is 0 Å². The van der Waals surface area contributed by atoms with Crippen molar-refractivity contribution in [1.29, 1.82) is 0 Å². The lowest BCUT2D eigenvalue weighted by Gasteiger charge is -2.34. The predicted molar refractivity (Wildman–Crippen MR) is 91.8 cm³/mol. The third-order valence-electron chi connectivity index (χ3n) is 5.38. The first kappa shape index (κ1) is 18.3. The van der Waals surface area contributed by atoms with E-state index in [0.717, 1.165) is 6.07 Å². The Morgan fingerprint density at radius 2 is 1.75 bits per heavy atom. The molecule has 10 heteroatoms. The molecular weight excluding hydrogens is 377 g/mol. The highest BCUT2D eigenvalue weighted by Gasteiger charge is 2.48. The zero-order valence-corrected chi connectivity index (χ0v) is 14.8. The first-order chi connectivity index (χ1) is 13.3. The van der Waals surface area contributed by atoms with Crippen LogP contribution in [0.25, 0.3) is 0 Å². The summed E-state index contributed by atoms with van der Waals surface area (Å²) in [6, 6.07) is 2.76. The van der Waals surface area contributed by atoms with Crippen molar-refractivity contribution in [2.45, 2.75) is 31.9 Å². The van der Waals surface area contributed by atoms with E-state index in [4.69, 9.17) is 0 Å². The fraction of sp³-hybridized carbons (Fsp3) is 0.389. The smallest absolute Gasteiger partial charge is 0.323 e. The lowest BCUT2D eigenvalue weighted by atomic mass is 10.1. The number of aryl methyl sites for hydroxylation is 1. The molecule has 7 nitrogen and oxygen atoms in total. The van der Waals surface area contributed by atoms with Gasteiger partial charge in [0, 0.05) is 18.8 Å². The molecule has 2 aliphatic heterocycles. The summed E-state index contributed by atoms with van der Waals surface area (Å²) < 4.78 is 40.1. The topological polar surface area (TPSA) is 89.3 Å². The average molecular weight is 394 g/mol. The molecule has 0 radical (unpaired) electrons. The largest absolute Gasteiger partial charge is 0.332 e. The lowest BCUT2D eigenvalue weighted by molar-refractivity contribution is 0.0519. The van der Waals surface area contributed by atoms with Crippen LogP contribution >= 0.6 is 0 Å². The molecule has 1 aromatic heterocycles. The van der Waals surface area contributed by atoms with Crippen molar-refractivity contribution in [1.82, 2.24) is 19.8 Å². The van der Waals surface area contributed by atoms with Crippen molar-refractivity contribution in [2.75, 3.05) is 13.1 Å². The Kier molecular flexibility index (Phi) is 4.28. The van der Waals surface area contributed by atoms with Gasteiger partial charge in [-0.2, -0.15) is 0 Å². The van der Waals surface area contributed by atoms with Gasteiger partial charge in [0.05, 0.1) is 23.2 Å². The predicted octanol–water partition coefficient (Wildman–Crippen LogP) is 1.83. The number of piperazine rings is 1. The highest BCUT2D eigenvalue weighted by Crippen LogP contribution is 2.34. The van der Waals surface area contributed by atoms with Crippen LogP contribution in [0, 0.1) is 12.7 Å². The lowest BCUT2D eigenvalue weighted by Crippen LogP contribution is -2.51. The van der Waals surface area contributed by atoms with E-state index in [1.165, 1.54) is 17.0 Å². The number of fused-ring (bicyclic) bond motifs is 2. The Morgan fingerprint density at radius 3 is 2.29 bits per heavy atom. The molecule has 1 aromatic carbocycles. The first-order valence-electron chi connectivity index (χ1n) is 8.75. The van der Waals surface area contributed by atoms with Crippen LogP contribution in [0.15, 0.2) is 23.0 Å². The van der Waals surface area contributed by atoms with Gasteiger partial charge < -0.3 is 19.8 Å². The number of carbonyl (C=O) groups excluding carboxylic acids is 2. The van der Waals surface area contributed by atoms with Crippen LogP contribution in [0.5, 0.6) is 0 Å². The minimum Gasteiger partial charge on any atom is -0.332 e. The molecule has 2 saturated heterocycles. The Labute approximate surface area is 157 Å². The zero-order valence-electron chi connectivity index (χ0n) is 14.8. The van der Waals surface area contributed by atoms with Crippen LogP contribution in [0.1, 0.15) is 45.0 Å². The van der Waals surface area contributed by atoms with E-state index in [1.807, 2.05) is 0 Å². The molecule has 148 valence electrons. The quantitative estimate of drug-likeness (QED) is 0.832. The van der Waals surface area contributed by atoms with E-state index in [2.05, 4.69) is 9.97 Å². The van der Waals surface area contributed by atoms with Crippen LogP contribution in [0.2, 0.25) is 0 Å². The number of nitrogens with one attached hydrogen (secondary N) is 2. The molecule has 2 N–H and O–H groups in total. The van der Waals surface area contributed by atoms with Crippen LogP contribution in [-0.4, -0.2) is 56.8 Å². The van der Waals surface area contributed by atoms with Crippen molar-refractivity contribution in [2.24, 2.45) is 0 Å². The fourth-order valence-electron chi connectivity index (χ4n) is 4.03. The van der Waals surface area contributed by atoms with Gasteiger partial charge >= 0.3 is 5.69 Å². The van der Waals surface area contributed by atoms with E-state index in [9.17, 15) is 27.6 Å². The minimum absolute atomic E-state index is 0.172. The van der Waals surface area contributed by atoms with Gasteiger partial charge in [0.2, 0.25) is 0 Å². The molecule has 2 amide bonds. The Balaban J connectivity index is 1.52. The number of amides is 2. The molecule has 4 rings (SSSR count). The molecule has 3 heterocycles. The number of H-pyrrole nitrogens is 2. The number of alkyl halides is 2. The monoisotopic (exact) mass is 394 g/mol. The standard InChI is InChI=1S/C18H17F3N4O3/c1-8-14(23-18(28)22-8)17(27)25-7-9-5-10(25)6-24(9)16(26)12-4-2-3-11(13(12)19)15(20)21/h2-4,9-10,15H,5-7H2,1H3,(H2,22,23,28)/t9-,10-/m0/s1. The van der Waals surface area contributed by atoms with E-state index in [1.54, 1.807) is 11.8 Å². The number of likely N-dealkylation sites (tertiary alicyclic amines) is 2. The number of aromatic amines is 2. The van der Waals surface area contributed by atoms with Gasteiger partial charge in [-0.25, -0.2) is 18.0 Å². The van der Waals surface area contributed by atoms with E-state index in [-0.39, 0.29) is 36.8 Å². The first-order valence-corrected chi connectivity index (χ1v) is 8.75. The molecular formula is C18H17F3N4O3. The SMILES string of the molecule is Cc1[nH]c(=O)[nH]c1C(=O)N1C[C@@H]2C[C@H]1CN2C(=O)c1cccc(C(F)F)c1F. The van der Waals surface area contributed by atoms with Gasteiger partial charge in [-0.15, -0.1) is 0 Å². The summed E-state index contributed by atoms with van der Waals surface area (Å²) >= 11 is 0. The van der Waals surface area contributed by atoms with Crippen LogP contribution < -0.4 is 5.69 Å². The minimum atomic E-state index is -3.01. The molecule has 2 aromatic rings. The maximum absolute atomic E-state index is 14.3. The number of hydrogen-bond acceptors (Lipinski definition) is 3. The number of nitrogens with zero attached hydrogens (tertiary/aromatic N) is 2. The van der Waals surface area contributed by atoms with E-state index >= 15 is 0 Å². The molecule has 2 aliphatic rings. The summed E-state index contributed by atoms with van der Waals surface area (Å²) in [5.74, 6) is -2.22. The second-order valence-electron chi connectivity index (χ2n) is 7.05. The number of halogens is 3.